The second-order valence-electron chi connectivity index (χ2n) is 6.18. The fraction of sp³-hybridized carbons (Fsp3) is 0.286. The highest BCUT2D eigenvalue weighted by molar-refractivity contribution is 7.99. The third-order valence-corrected chi connectivity index (χ3v) is 5.23. The van der Waals surface area contributed by atoms with Gasteiger partial charge in [0.2, 0.25) is 5.91 Å². The van der Waals surface area contributed by atoms with Gasteiger partial charge in [0.1, 0.15) is 0 Å². The normalized spacial score (nSPS) is 10.9. The Labute approximate surface area is 162 Å². The maximum Gasteiger partial charge on any atom is 0.283 e. The highest BCUT2D eigenvalue weighted by atomic mass is 32.2. The lowest BCUT2D eigenvalue weighted by atomic mass is 10.1. The summed E-state index contributed by atoms with van der Waals surface area (Å²) in [5.74, 6) is 0.112. The van der Waals surface area contributed by atoms with Gasteiger partial charge in [0.25, 0.3) is 5.56 Å². The Balaban J connectivity index is 1.54. The molecule has 0 spiro atoms. The van der Waals surface area contributed by atoms with Crippen LogP contribution < -0.4 is 10.9 Å². The van der Waals surface area contributed by atoms with Crippen LogP contribution in [0.4, 0.5) is 0 Å². The van der Waals surface area contributed by atoms with E-state index in [1.54, 1.807) is 4.57 Å². The molecule has 0 saturated heterocycles. The van der Waals surface area contributed by atoms with Gasteiger partial charge in [0, 0.05) is 13.1 Å². The average molecular weight is 382 g/mol. The second-order valence-corrected chi connectivity index (χ2v) is 7.15. The zero-order chi connectivity index (χ0) is 19.1. The van der Waals surface area contributed by atoms with Gasteiger partial charge in [-0.2, -0.15) is 0 Å². The molecule has 0 aliphatic carbocycles. The Morgan fingerprint density at radius 3 is 2.63 bits per heavy atom. The number of carbonyl (C=O) groups is 1. The molecular formula is C21H23N3O2S. The maximum absolute atomic E-state index is 12.6. The molecule has 1 N–H and O–H groups in total. The fourth-order valence-electron chi connectivity index (χ4n) is 2.93. The minimum Gasteiger partial charge on any atom is -0.355 e. The van der Waals surface area contributed by atoms with Crippen LogP contribution in [0.5, 0.6) is 0 Å². The van der Waals surface area contributed by atoms with E-state index >= 15 is 0 Å². The van der Waals surface area contributed by atoms with Crippen molar-refractivity contribution in [3.8, 4) is 0 Å². The first-order valence-electron chi connectivity index (χ1n) is 9.12. The number of aryl methyl sites for hydroxylation is 2. The highest BCUT2D eigenvalue weighted by Crippen LogP contribution is 2.16. The molecule has 27 heavy (non-hydrogen) atoms. The van der Waals surface area contributed by atoms with Crippen molar-refractivity contribution in [1.29, 1.82) is 0 Å². The molecule has 0 saturated carbocycles. The summed E-state index contributed by atoms with van der Waals surface area (Å²) in [5.41, 5.74) is 2.71. The molecule has 1 amide bonds. The monoisotopic (exact) mass is 381 g/mol. The summed E-state index contributed by atoms with van der Waals surface area (Å²) in [5, 5.41) is 3.28. The first kappa shape index (κ1) is 19.2. The van der Waals surface area contributed by atoms with Crippen LogP contribution in [0.25, 0.3) is 11.0 Å². The second kappa shape index (κ2) is 9.37. The number of hydrogen-bond acceptors (Lipinski definition) is 4. The predicted octanol–water partition coefficient (Wildman–Crippen LogP) is 3.26. The van der Waals surface area contributed by atoms with Gasteiger partial charge in [-0.05, 0) is 37.5 Å². The molecule has 0 bridgehead atoms. The van der Waals surface area contributed by atoms with Crippen LogP contribution >= 0.6 is 11.8 Å². The fourth-order valence-corrected chi connectivity index (χ4v) is 3.69. The van der Waals surface area contributed by atoms with Gasteiger partial charge < -0.3 is 9.88 Å². The summed E-state index contributed by atoms with van der Waals surface area (Å²) in [6.45, 7) is 3.13. The number of nitrogens with zero attached hydrogens (tertiary/aromatic N) is 2. The molecule has 5 nitrogen and oxygen atoms in total. The minimum atomic E-state index is -0.141. The van der Waals surface area contributed by atoms with Crippen molar-refractivity contribution < 1.29 is 4.79 Å². The zero-order valence-electron chi connectivity index (χ0n) is 15.4. The van der Waals surface area contributed by atoms with Crippen molar-refractivity contribution in [1.82, 2.24) is 14.9 Å². The summed E-state index contributed by atoms with van der Waals surface area (Å²) in [4.78, 5) is 29.1. The van der Waals surface area contributed by atoms with E-state index < -0.39 is 0 Å². The summed E-state index contributed by atoms with van der Waals surface area (Å²) in [7, 11) is 0. The van der Waals surface area contributed by atoms with Gasteiger partial charge in [-0.3, -0.25) is 9.59 Å². The molecular weight excluding hydrogens is 358 g/mol. The summed E-state index contributed by atoms with van der Waals surface area (Å²) >= 11 is 1.20. The average Bonchev–Trinajstić information content (AvgIpc) is 2.70. The van der Waals surface area contributed by atoms with E-state index in [1.807, 2.05) is 49.4 Å². The van der Waals surface area contributed by atoms with E-state index in [4.69, 9.17) is 0 Å². The van der Waals surface area contributed by atoms with Crippen LogP contribution in [0, 0.1) is 0 Å². The van der Waals surface area contributed by atoms with Gasteiger partial charge >= 0.3 is 0 Å². The van der Waals surface area contributed by atoms with Crippen molar-refractivity contribution in [3.63, 3.8) is 0 Å². The first-order chi connectivity index (χ1) is 13.2. The van der Waals surface area contributed by atoms with E-state index in [9.17, 15) is 9.59 Å². The number of fused-ring (bicyclic) bond motifs is 1. The molecule has 0 aliphatic rings. The van der Waals surface area contributed by atoms with Gasteiger partial charge in [-0.15, -0.1) is 0 Å². The number of hydrogen-bond donors (Lipinski definition) is 1. The van der Waals surface area contributed by atoms with E-state index in [-0.39, 0.29) is 17.2 Å². The van der Waals surface area contributed by atoms with Gasteiger partial charge in [-0.25, -0.2) is 4.98 Å². The molecule has 0 aliphatic heterocycles. The van der Waals surface area contributed by atoms with Crippen LogP contribution in [-0.2, 0) is 17.8 Å². The molecule has 0 unspecified atom stereocenters. The molecule has 3 aromatic rings. The minimum absolute atomic E-state index is 0.0783. The predicted molar refractivity (Wildman–Crippen MR) is 110 cm³/mol. The molecule has 1 heterocycles. The number of aromatic nitrogens is 2. The van der Waals surface area contributed by atoms with Gasteiger partial charge in [0.05, 0.1) is 16.8 Å². The topological polar surface area (TPSA) is 64.0 Å². The Morgan fingerprint density at radius 2 is 1.85 bits per heavy atom. The van der Waals surface area contributed by atoms with Crippen molar-refractivity contribution >= 4 is 28.7 Å². The molecule has 0 radical (unpaired) electrons. The SMILES string of the molecule is CCn1c(=O)c(SCC(=O)NCCCc2ccccc2)nc2ccccc21. The van der Waals surface area contributed by atoms with Crippen LogP contribution in [0.3, 0.4) is 0 Å². The maximum atomic E-state index is 12.6. The van der Waals surface area contributed by atoms with Gasteiger partial charge in [0.15, 0.2) is 5.03 Å². The third-order valence-electron chi connectivity index (χ3n) is 4.29. The standard InChI is InChI=1S/C21H23N3O2S/c1-2-24-18-13-7-6-12-17(18)23-20(21(24)26)27-15-19(25)22-14-8-11-16-9-4-3-5-10-16/h3-7,9-10,12-13H,2,8,11,14-15H2,1H3,(H,22,25). The number of para-hydroxylation sites is 2. The van der Waals surface area contributed by atoms with Gasteiger partial charge in [-0.1, -0.05) is 54.2 Å². The third kappa shape index (κ3) is 4.98. The Bertz CT molecular complexity index is 970. The zero-order valence-corrected chi connectivity index (χ0v) is 16.2. The van der Waals surface area contributed by atoms with Crippen LogP contribution in [0.1, 0.15) is 18.9 Å². The van der Waals surface area contributed by atoms with Crippen LogP contribution in [-0.4, -0.2) is 27.8 Å². The van der Waals surface area contributed by atoms with Crippen molar-refractivity contribution in [3.05, 3.63) is 70.5 Å². The number of benzene rings is 2. The highest BCUT2D eigenvalue weighted by Gasteiger charge is 2.12. The molecule has 6 heteroatoms. The van der Waals surface area contributed by atoms with E-state index in [0.29, 0.717) is 18.1 Å². The van der Waals surface area contributed by atoms with E-state index in [0.717, 1.165) is 23.9 Å². The summed E-state index contributed by atoms with van der Waals surface area (Å²) in [6.07, 6.45) is 1.82. The lowest BCUT2D eigenvalue weighted by Crippen LogP contribution is -2.28. The van der Waals surface area contributed by atoms with E-state index in [2.05, 4.69) is 22.4 Å². The number of thioether (sulfide) groups is 1. The Hall–Kier alpha value is -2.60. The molecule has 140 valence electrons. The molecule has 3 rings (SSSR count). The molecule has 1 aromatic heterocycles. The molecule has 0 atom stereocenters. The molecule has 2 aromatic carbocycles. The van der Waals surface area contributed by atoms with E-state index in [1.165, 1.54) is 17.3 Å². The summed E-state index contributed by atoms with van der Waals surface area (Å²) < 4.78 is 1.70. The smallest absolute Gasteiger partial charge is 0.283 e. The quantitative estimate of drug-likeness (QED) is 0.480. The van der Waals surface area contributed by atoms with Crippen molar-refractivity contribution in [2.24, 2.45) is 0 Å². The largest absolute Gasteiger partial charge is 0.355 e. The van der Waals surface area contributed by atoms with Crippen molar-refractivity contribution in [2.75, 3.05) is 12.3 Å². The van der Waals surface area contributed by atoms with Crippen LogP contribution in [0.15, 0.2) is 64.4 Å². The number of amides is 1. The van der Waals surface area contributed by atoms with Crippen LogP contribution in [0.2, 0.25) is 0 Å². The molecule has 0 fully saturated rings. The lowest BCUT2D eigenvalue weighted by Gasteiger charge is -2.10. The Kier molecular flexibility index (Phi) is 6.65. The first-order valence-corrected chi connectivity index (χ1v) is 10.1. The lowest BCUT2D eigenvalue weighted by molar-refractivity contribution is -0.118. The summed E-state index contributed by atoms with van der Waals surface area (Å²) in [6, 6.07) is 17.8. The number of nitrogens with one attached hydrogen (secondary N) is 1. The number of rotatable bonds is 8. The van der Waals surface area contributed by atoms with Crippen molar-refractivity contribution in [2.45, 2.75) is 31.3 Å². The number of carbonyl (C=O) groups excluding carboxylic acids is 1. The Morgan fingerprint density at radius 1 is 1.11 bits per heavy atom.